The normalized spacial score (nSPS) is 11.2. The van der Waals surface area contributed by atoms with Crippen LogP contribution in [-0.2, 0) is 9.59 Å². The lowest BCUT2D eigenvalue weighted by Crippen LogP contribution is -2.38. The molecule has 0 bridgehead atoms. The van der Waals surface area contributed by atoms with Crippen LogP contribution in [0.25, 0.3) is 0 Å². The highest BCUT2D eigenvalue weighted by Crippen LogP contribution is 2.27. The third-order valence-electron chi connectivity index (χ3n) is 4.45. The fourth-order valence-electron chi connectivity index (χ4n) is 2.72. The first-order valence-electron chi connectivity index (χ1n) is 9.57. The van der Waals surface area contributed by atoms with E-state index in [1.165, 1.54) is 14.2 Å². The maximum absolute atomic E-state index is 12.3. The molecule has 3 N–H and O–H groups in total. The molecule has 0 radical (unpaired) electrons. The van der Waals surface area contributed by atoms with Gasteiger partial charge in [0.2, 0.25) is 11.8 Å². The fourth-order valence-corrected chi connectivity index (χ4v) is 2.72. The number of amides is 3. The predicted octanol–water partition coefficient (Wildman–Crippen LogP) is 2.66. The highest BCUT2D eigenvalue weighted by molar-refractivity contribution is 5.97. The van der Waals surface area contributed by atoms with Crippen molar-refractivity contribution in [2.75, 3.05) is 26.1 Å². The first-order valence-corrected chi connectivity index (χ1v) is 9.57. The van der Waals surface area contributed by atoms with Crippen LogP contribution >= 0.6 is 0 Å². The molecular weight excluding hydrogens is 386 g/mol. The SMILES string of the molecule is CCC(=O)Nc1ccc(C(C)NC(=O)CNC(=O)c2ccc(OC)c(OC)c2)cc1. The lowest BCUT2D eigenvalue weighted by Gasteiger charge is -2.15. The first kappa shape index (κ1) is 22.7. The zero-order valence-electron chi connectivity index (χ0n) is 17.6. The van der Waals surface area contributed by atoms with Gasteiger partial charge < -0.3 is 25.4 Å². The van der Waals surface area contributed by atoms with Crippen LogP contribution in [0.15, 0.2) is 42.5 Å². The standard InChI is InChI=1S/C22H27N3O5/c1-5-20(26)25-17-9-6-15(7-10-17)14(2)24-21(27)13-23-22(28)16-8-11-18(29-3)19(12-16)30-4/h6-12,14H,5,13H2,1-4H3,(H,23,28)(H,24,27)(H,25,26). The lowest BCUT2D eigenvalue weighted by atomic mass is 10.1. The van der Waals surface area contributed by atoms with E-state index in [0.29, 0.717) is 29.2 Å². The van der Waals surface area contributed by atoms with Gasteiger partial charge >= 0.3 is 0 Å². The van der Waals surface area contributed by atoms with Gasteiger partial charge in [-0.3, -0.25) is 14.4 Å². The van der Waals surface area contributed by atoms with E-state index in [0.717, 1.165) is 5.56 Å². The molecule has 0 aliphatic rings. The molecule has 2 aromatic carbocycles. The van der Waals surface area contributed by atoms with Gasteiger partial charge in [0, 0.05) is 17.7 Å². The van der Waals surface area contributed by atoms with Crippen LogP contribution in [0, 0.1) is 0 Å². The zero-order chi connectivity index (χ0) is 22.1. The van der Waals surface area contributed by atoms with E-state index < -0.39 is 5.91 Å². The summed E-state index contributed by atoms with van der Waals surface area (Å²) in [7, 11) is 3.00. The molecule has 0 saturated carbocycles. The van der Waals surface area contributed by atoms with Gasteiger partial charge in [-0.05, 0) is 42.8 Å². The maximum atomic E-state index is 12.3. The van der Waals surface area contributed by atoms with Gasteiger partial charge in [0.1, 0.15) is 0 Å². The van der Waals surface area contributed by atoms with Crippen molar-refractivity contribution >= 4 is 23.4 Å². The van der Waals surface area contributed by atoms with Gasteiger partial charge in [-0.1, -0.05) is 19.1 Å². The molecule has 0 spiro atoms. The summed E-state index contributed by atoms with van der Waals surface area (Å²) < 4.78 is 10.3. The van der Waals surface area contributed by atoms with Gasteiger partial charge in [0.05, 0.1) is 26.8 Å². The topological polar surface area (TPSA) is 106 Å². The first-order chi connectivity index (χ1) is 14.4. The Morgan fingerprint density at radius 3 is 2.20 bits per heavy atom. The van der Waals surface area contributed by atoms with Crippen molar-refractivity contribution in [2.24, 2.45) is 0 Å². The van der Waals surface area contributed by atoms with Crippen molar-refractivity contribution in [3.8, 4) is 11.5 Å². The van der Waals surface area contributed by atoms with Crippen molar-refractivity contribution in [2.45, 2.75) is 26.3 Å². The van der Waals surface area contributed by atoms with Gasteiger partial charge in [0.25, 0.3) is 5.91 Å². The van der Waals surface area contributed by atoms with E-state index in [1.54, 1.807) is 37.3 Å². The second-order valence-corrected chi connectivity index (χ2v) is 6.57. The Labute approximate surface area is 175 Å². The Morgan fingerprint density at radius 2 is 1.60 bits per heavy atom. The molecular formula is C22H27N3O5. The van der Waals surface area contributed by atoms with Crippen molar-refractivity contribution in [3.05, 3.63) is 53.6 Å². The summed E-state index contributed by atoms with van der Waals surface area (Å²) >= 11 is 0. The van der Waals surface area contributed by atoms with Crippen LogP contribution in [0.5, 0.6) is 11.5 Å². The largest absolute Gasteiger partial charge is 0.493 e. The number of rotatable bonds is 9. The van der Waals surface area contributed by atoms with Crippen LogP contribution in [0.2, 0.25) is 0 Å². The monoisotopic (exact) mass is 413 g/mol. The van der Waals surface area contributed by atoms with E-state index in [9.17, 15) is 14.4 Å². The minimum absolute atomic E-state index is 0.0608. The predicted molar refractivity (Wildman–Crippen MR) is 114 cm³/mol. The zero-order valence-corrected chi connectivity index (χ0v) is 17.6. The number of anilines is 1. The van der Waals surface area contributed by atoms with E-state index in [4.69, 9.17) is 9.47 Å². The highest BCUT2D eigenvalue weighted by atomic mass is 16.5. The number of hydrogen-bond acceptors (Lipinski definition) is 5. The number of ether oxygens (including phenoxy) is 2. The Kier molecular flexibility index (Phi) is 8.22. The minimum Gasteiger partial charge on any atom is -0.493 e. The number of benzene rings is 2. The van der Waals surface area contributed by atoms with Crippen LogP contribution in [0.4, 0.5) is 5.69 Å². The maximum Gasteiger partial charge on any atom is 0.251 e. The molecule has 0 fully saturated rings. The lowest BCUT2D eigenvalue weighted by molar-refractivity contribution is -0.120. The number of carbonyl (C=O) groups excluding carboxylic acids is 3. The van der Waals surface area contributed by atoms with Crippen LogP contribution in [-0.4, -0.2) is 38.5 Å². The van der Waals surface area contributed by atoms with Crippen molar-refractivity contribution in [1.29, 1.82) is 0 Å². The number of nitrogens with one attached hydrogen (secondary N) is 3. The average Bonchev–Trinajstić information content (AvgIpc) is 2.77. The second kappa shape index (κ2) is 10.8. The summed E-state index contributed by atoms with van der Waals surface area (Å²) in [6.45, 7) is 3.46. The van der Waals surface area contributed by atoms with E-state index in [2.05, 4.69) is 16.0 Å². The van der Waals surface area contributed by atoms with Gasteiger partial charge in [0.15, 0.2) is 11.5 Å². The Hall–Kier alpha value is -3.55. The summed E-state index contributed by atoms with van der Waals surface area (Å²) in [5.41, 5.74) is 1.94. The number of carbonyl (C=O) groups is 3. The molecule has 2 rings (SSSR count). The molecule has 3 amide bonds. The number of methoxy groups -OCH3 is 2. The van der Waals surface area contributed by atoms with Gasteiger partial charge in [-0.25, -0.2) is 0 Å². The highest BCUT2D eigenvalue weighted by Gasteiger charge is 2.14. The Balaban J connectivity index is 1.88. The summed E-state index contributed by atoms with van der Waals surface area (Å²) in [5.74, 6) is 0.173. The van der Waals surface area contributed by atoms with Gasteiger partial charge in [-0.2, -0.15) is 0 Å². The molecule has 0 heterocycles. The molecule has 160 valence electrons. The second-order valence-electron chi connectivity index (χ2n) is 6.57. The summed E-state index contributed by atoms with van der Waals surface area (Å²) in [5, 5.41) is 8.19. The number of hydrogen-bond donors (Lipinski definition) is 3. The van der Waals surface area contributed by atoms with Crippen LogP contribution in [0.3, 0.4) is 0 Å². The third kappa shape index (κ3) is 6.23. The molecule has 0 saturated heterocycles. The quantitative estimate of drug-likeness (QED) is 0.586. The fraction of sp³-hybridized carbons (Fsp3) is 0.318. The van der Waals surface area contributed by atoms with Crippen LogP contribution < -0.4 is 25.4 Å². The average molecular weight is 413 g/mol. The molecule has 2 aromatic rings. The van der Waals surface area contributed by atoms with Gasteiger partial charge in [-0.15, -0.1) is 0 Å². The van der Waals surface area contributed by atoms with Crippen molar-refractivity contribution in [1.82, 2.24) is 10.6 Å². The molecule has 1 unspecified atom stereocenters. The third-order valence-corrected chi connectivity index (χ3v) is 4.45. The Bertz CT molecular complexity index is 896. The van der Waals surface area contributed by atoms with E-state index >= 15 is 0 Å². The van der Waals surface area contributed by atoms with Crippen molar-refractivity contribution < 1.29 is 23.9 Å². The molecule has 30 heavy (non-hydrogen) atoms. The Morgan fingerprint density at radius 1 is 0.933 bits per heavy atom. The summed E-state index contributed by atoms with van der Waals surface area (Å²) in [6.07, 6.45) is 0.406. The molecule has 8 nitrogen and oxygen atoms in total. The molecule has 0 aromatic heterocycles. The van der Waals surface area contributed by atoms with Crippen molar-refractivity contribution in [3.63, 3.8) is 0 Å². The van der Waals surface area contributed by atoms with E-state index in [-0.39, 0.29) is 24.4 Å². The van der Waals surface area contributed by atoms with Crippen LogP contribution in [0.1, 0.15) is 42.2 Å². The van der Waals surface area contributed by atoms with E-state index in [1.807, 2.05) is 19.1 Å². The molecule has 0 aliphatic heterocycles. The molecule has 0 aliphatic carbocycles. The molecule has 1 atom stereocenters. The minimum atomic E-state index is -0.394. The summed E-state index contributed by atoms with van der Waals surface area (Å²) in [6, 6.07) is 11.7. The molecule has 8 heteroatoms. The smallest absolute Gasteiger partial charge is 0.251 e. The summed E-state index contributed by atoms with van der Waals surface area (Å²) in [4.78, 5) is 35.9.